The molecule has 0 atom stereocenters. The van der Waals surface area contributed by atoms with E-state index in [0.717, 1.165) is 11.8 Å². The largest absolute Gasteiger partial charge is 0.400 e. The molecule has 0 aromatic heterocycles. The van der Waals surface area contributed by atoms with Crippen molar-refractivity contribution in [3.8, 4) is 0 Å². The Morgan fingerprint density at radius 1 is 0.786 bits per heavy atom. The van der Waals surface area contributed by atoms with E-state index in [-0.39, 0.29) is 0 Å². The lowest BCUT2D eigenvalue weighted by atomic mass is 10.1. The zero-order chi connectivity index (χ0) is 9.80. The van der Waals surface area contributed by atoms with Crippen LogP contribution in [0.15, 0.2) is 0 Å². The molecule has 0 aromatic carbocycles. The van der Waals surface area contributed by atoms with Gasteiger partial charge in [-0.05, 0) is 0 Å². The van der Waals surface area contributed by atoms with Crippen molar-refractivity contribution in [2.45, 2.75) is 61.9 Å². The van der Waals surface area contributed by atoms with Gasteiger partial charge < -0.3 is 0 Å². The van der Waals surface area contributed by atoms with Gasteiger partial charge in [-0.1, -0.05) is 73.8 Å². The molecule has 0 saturated heterocycles. The van der Waals surface area contributed by atoms with Crippen molar-refractivity contribution in [1.29, 1.82) is 0 Å². The second kappa shape index (κ2) is 5.78. The van der Waals surface area contributed by atoms with Gasteiger partial charge in [-0.3, -0.25) is 10.0 Å². The molecule has 0 nitrogen and oxygen atoms in total. The van der Waals surface area contributed by atoms with Gasteiger partial charge in [0.15, 0.2) is 0 Å². The molecule has 2 heteroatoms. The van der Waals surface area contributed by atoms with Crippen LogP contribution in [0.5, 0.6) is 0 Å². The number of halogens is 1. The Bertz CT molecular complexity index is 142. The monoisotopic (exact) mass is 228 g/mol. The number of rotatable bonds is 4. The Hall–Kier alpha value is 0.822. The van der Waals surface area contributed by atoms with Gasteiger partial charge in [-0.25, -0.2) is 0 Å². The molecule has 0 unspecified atom stereocenters. The summed E-state index contributed by atoms with van der Waals surface area (Å²) in [6.45, 7) is 0. The summed E-state index contributed by atoms with van der Waals surface area (Å²) in [5.41, 5.74) is 0. The Morgan fingerprint density at radius 2 is 1.14 bits per heavy atom. The topological polar surface area (TPSA) is 0 Å². The van der Waals surface area contributed by atoms with Crippen molar-refractivity contribution >= 4 is 23.3 Å². The summed E-state index contributed by atoms with van der Waals surface area (Å²) < 4.78 is 0. The average molecular weight is 229 g/mol. The summed E-state index contributed by atoms with van der Waals surface area (Å²) in [7, 11) is 6.58. The van der Waals surface area contributed by atoms with Gasteiger partial charge in [-0.2, -0.15) is 0 Å². The van der Waals surface area contributed by atoms with Crippen LogP contribution in [0.1, 0.15) is 51.4 Å². The molecule has 2 saturated carbocycles. The summed E-state index contributed by atoms with van der Waals surface area (Å²) in [5.74, 6) is 2.07. The van der Waals surface area contributed by atoms with Crippen molar-refractivity contribution in [1.82, 2.24) is 0 Å². The molecule has 0 aliphatic heterocycles. The Morgan fingerprint density at radius 3 is 1.50 bits per heavy atom. The van der Waals surface area contributed by atoms with Gasteiger partial charge in [0.05, 0.1) is 0 Å². The van der Waals surface area contributed by atoms with Gasteiger partial charge in [0.1, 0.15) is 0 Å². The molecule has 2 aliphatic rings. The van der Waals surface area contributed by atoms with Crippen LogP contribution in [0, 0.1) is 11.8 Å². The molecule has 80 valence electrons. The summed E-state index contributed by atoms with van der Waals surface area (Å²) in [6, 6.07) is 0. The lowest BCUT2D eigenvalue weighted by molar-refractivity contribution is 0.583. The normalized spacial score (nSPS) is 24.6. The molecule has 0 spiro atoms. The minimum Gasteiger partial charge on any atom is -0.261 e. The van der Waals surface area contributed by atoms with E-state index in [1.165, 1.54) is 61.9 Å². The predicted molar refractivity (Wildman–Crippen MR) is 65.1 cm³/mol. The van der Waals surface area contributed by atoms with E-state index in [9.17, 15) is 0 Å². The highest BCUT2D eigenvalue weighted by Gasteiger charge is 2.27. The minimum atomic E-state index is -0.836. The van der Waals surface area contributed by atoms with Crippen LogP contribution in [0.2, 0.25) is 10.6 Å². The third kappa shape index (κ3) is 3.44. The second-order valence-electron chi connectivity index (χ2n) is 5.37. The second-order valence-corrected chi connectivity index (χ2v) is 9.36. The van der Waals surface area contributed by atoms with Gasteiger partial charge in [0.2, 0.25) is 0 Å². The standard InChI is InChI=1S/2C6H11.Al.ClH/c2*1-6-4-2-3-5-6;;/h2*6H,1-5H2;;1H/q;;+1;/p-1. The zero-order valence-corrected chi connectivity index (χ0v) is 11.1. The maximum Gasteiger partial charge on any atom is 0.400 e. The van der Waals surface area contributed by atoms with Crippen molar-refractivity contribution < 1.29 is 0 Å². The van der Waals surface area contributed by atoms with Crippen LogP contribution in [0.4, 0.5) is 0 Å². The number of hydrogen-bond donors (Lipinski definition) is 0. The first-order valence-corrected chi connectivity index (χ1v) is 9.86. The smallest absolute Gasteiger partial charge is 0.261 e. The molecular weight excluding hydrogens is 207 g/mol. The van der Waals surface area contributed by atoms with Crippen molar-refractivity contribution in [2.24, 2.45) is 11.8 Å². The molecular formula is C12H22AlCl. The Labute approximate surface area is 97.0 Å². The van der Waals surface area contributed by atoms with Gasteiger partial charge >= 0.3 is 13.2 Å². The van der Waals surface area contributed by atoms with Crippen LogP contribution < -0.4 is 0 Å². The van der Waals surface area contributed by atoms with Crippen LogP contribution in [-0.2, 0) is 0 Å². The molecule has 0 bridgehead atoms. The summed E-state index contributed by atoms with van der Waals surface area (Å²) >= 11 is -0.836. The first kappa shape index (κ1) is 11.3. The molecule has 0 amide bonds. The lowest BCUT2D eigenvalue weighted by Crippen LogP contribution is -2.13. The first-order chi connectivity index (χ1) is 6.84. The van der Waals surface area contributed by atoms with E-state index in [4.69, 9.17) is 10.0 Å². The Balaban J connectivity index is 1.64. The van der Waals surface area contributed by atoms with E-state index in [0.29, 0.717) is 0 Å². The van der Waals surface area contributed by atoms with Crippen molar-refractivity contribution in [3.63, 3.8) is 0 Å². The van der Waals surface area contributed by atoms with Gasteiger partial charge in [-0.15, -0.1) is 0 Å². The van der Waals surface area contributed by atoms with Crippen LogP contribution in [0.3, 0.4) is 0 Å². The predicted octanol–water partition coefficient (Wildman–Crippen LogP) is 4.60. The zero-order valence-electron chi connectivity index (χ0n) is 9.18. The maximum atomic E-state index is 6.58. The van der Waals surface area contributed by atoms with E-state index in [2.05, 4.69) is 0 Å². The minimum absolute atomic E-state index is 0.836. The fourth-order valence-corrected chi connectivity index (χ4v) is 7.41. The molecule has 0 radical (unpaired) electrons. The van der Waals surface area contributed by atoms with E-state index < -0.39 is 13.2 Å². The lowest BCUT2D eigenvalue weighted by Gasteiger charge is -2.13. The maximum absolute atomic E-state index is 6.58. The molecule has 2 fully saturated rings. The average Bonchev–Trinajstić information content (AvgIpc) is 2.76. The van der Waals surface area contributed by atoms with E-state index >= 15 is 0 Å². The Kier molecular flexibility index (Phi) is 4.67. The number of hydrogen-bond acceptors (Lipinski definition) is 0. The molecule has 2 aliphatic carbocycles. The third-order valence-corrected chi connectivity index (χ3v) is 7.55. The van der Waals surface area contributed by atoms with E-state index in [1.54, 1.807) is 0 Å². The first-order valence-electron chi connectivity index (χ1n) is 6.48. The highest BCUT2D eigenvalue weighted by atomic mass is 35.6. The summed E-state index contributed by atoms with van der Waals surface area (Å²) in [6.07, 6.45) is 11.9. The molecule has 2 rings (SSSR count). The van der Waals surface area contributed by atoms with Gasteiger partial charge in [0.25, 0.3) is 0 Å². The molecule has 0 N–H and O–H groups in total. The summed E-state index contributed by atoms with van der Waals surface area (Å²) in [5, 5.41) is 2.89. The summed E-state index contributed by atoms with van der Waals surface area (Å²) in [4.78, 5) is 0. The van der Waals surface area contributed by atoms with Crippen LogP contribution >= 0.6 is 10.0 Å². The fraction of sp³-hybridized carbons (Fsp3) is 1.00. The van der Waals surface area contributed by atoms with Crippen LogP contribution in [-0.4, -0.2) is 13.2 Å². The third-order valence-electron chi connectivity index (χ3n) is 4.13. The highest BCUT2D eigenvalue weighted by Crippen LogP contribution is 2.34. The quantitative estimate of drug-likeness (QED) is 0.617. The van der Waals surface area contributed by atoms with Crippen molar-refractivity contribution in [2.75, 3.05) is 0 Å². The van der Waals surface area contributed by atoms with E-state index in [1.807, 2.05) is 0 Å². The highest BCUT2D eigenvalue weighted by molar-refractivity contribution is 7.06. The van der Waals surface area contributed by atoms with Crippen LogP contribution in [0.25, 0.3) is 0 Å². The fourth-order valence-electron chi connectivity index (χ4n) is 3.31. The van der Waals surface area contributed by atoms with Gasteiger partial charge in [0, 0.05) is 0 Å². The molecule has 0 aromatic rings. The molecule has 0 heterocycles. The molecule has 14 heavy (non-hydrogen) atoms. The van der Waals surface area contributed by atoms with Crippen molar-refractivity contribution in [3.05, 3.63) is 0 Å². The SMILES string of the molecule is [Cl][Al]([CH2]C1CCCC1)[CH2]C1CCCC1.